The van der Waals surface area contributed by atoms with Crippen LogP contribution in [0.1, 0.15) is 116 Å². The number of nitrogens with one attached hydrogen (secondary N) is 3. The van der Waals surface area contributed by atoms with E-state index in [4.69, 9.17) is 33.9 Å². The third-order valence-electron chi connectivity index (χ3n) is 7.87. The maximum atomic E-state index is 12.4. The number of amides is 3. The molecule has 0 aliphatic rings. The molecule has 0 spiro atoms. The van der Waals surface area contributed by atoms with Gasteiger partial charge < -0.3 is 49.8 Å². The van der Waals surface area contributed by atoms with E-state index in [1.54, 1.807) is 0 Å². The van der Waals surface area contributed by atoms with Crippen LogP contribution in [0.25, 0.3) is 0 Å². The molecule has 0 aromatic carbocycles. The molecule has 0 aromatic rings. The van der Waals surface area contributed by atoms with Crippen molar-refractivity contribution in [2.75, 3.05) is 73.1 Å². The van der Waals surface area contributed by atoms with Crippen molar-refractivity contribution >= 4 is 35.6 Å². The molecule has 0 rings (SSSR count). The average Bonchev–Trinajstić information content (AvgIpc) is 3.11. The molecular formula is C36H65N3O13. The highest BCUT2D eigenvalue weighted by molar-refractivity contribution is 5.85. The van der Waals surface area contributed by atoms with Crippen molar-refractivity contribution in [1.29, 1.82) is 0 Å². The molecule has 16 heteroatoms. The van der Waals surface area contributed by atoms with Gasteiger partial charge in [0.2, 0.25) is 17.7 Å². The Balaban J connectivity index is 3.75. The first-order valence-electron chi connectivity index (χ1n) is 18.8. The molecule has 1 atom stereocenters. The zero-order chi connectivity index (χ0) is 38.5. The van der Waals surface area contributed by atoms with E-state index in [-0.39, 0.29) is 103 Å². The van der Waals surface area contributed by atoms with Crippen molar-refractivity contribution in [3.05, 3.63) is 0 Å². The Morgan fingerprint density at radius 2 is 0.923 bits per heavy atom. The molecule has 0 aromatic heterocycles. The second-order valence-electron chi connectivity index (χ2n) is 12.4. The average molecular weight is 748 g/mol. The number of carboxylic acids is 2. The normalized spacial score (nSPS) is 11.5. The highest BCUT2D eigenvalue weighted by atomic mass is 16.5. The lowest BCUT2D eigenvalue weighted by atomic mass is 10.0. The van der Waals surface area contributed by atoms with Gasteiger partial charge in [-0.05, 0) is 19.3 Å². The number of unbranched alkanes of at least 4 members (excludes halogenated alkanes) is 13. The fourth-order valence-corrected chi connectivity index (χ4v) is 5.05. The Morgan fingerprint density at radius 1 is 0.481 bits per heavy atom. The minimum absolute atomic E-state index is 0.0242. The number of ether oxygens (including phenoxy) is 5. The summed E-state index contributed by atoms with van der Waals surface area (Å²) in [7, 11) is 1.24. The Morgan fingerprint density at radius 3 is 1.40 bits per heavy atom. The van der Waals surface area contributed by atoms with Crippen LogP contribution >= 0.6 is 0 Å². The number of rotatable bonds is 38. The van der Waals surface area contributed by atoms with Gasteiger partial charge in [0.1, 0.15) is 19.3 Å². The van der Waals surface area contributed by atoms with Crippen molar-refractivity contribution in [3.63, 3.8) is 0 Å². The fraction of sp³-hybridized carbons (Fsp3) is 0.833. The topological polar surface area (TPSA) is 225 Å². The summed E-state index contributed by atoms with van der Waals surface area (Å²) >= 11 is 0. The molecule has 0 unspecified atom stereocenters. The van der Waals surface area contributed by atoms with Crippen LogP contribution in [0.5, 0.6) is 0 Å². The molecule has 0 saturated heterocycles. The number of hydrogen-bond donors (Lipinski definition) is 5. The molecular weight excluding hydrogens is 682 g/mol. The van der Waals surface area contributed by atoms with E-state index in [0.29, 0.717) is 6.42 Å². The zero-order valence-electron chi connectivity index (χ0n) is 31.3. The van der Waals surface area contributed by atoms with E-state index < -0.39 is 23.9 Å². The van der Waals surface area contributed by atoms with Gasteiger partial charge in [-0.3, -0.25) is 19.2 Å². The Kier molecular flexibility index (Phi) is 33.7. The van der Waals surface area contributed by atoms with Crippen LogP contribution in [0, 0.1) is 0 Å². The Labute approximate surface area is 308 Å². The van der Waals surface area contributed by atoms with Crippen LogP contribution in [0.15, 0.2) is 0 Å². The molecule has 0 fully saturated rings. The fourth-order valence-electron chi connectivity index (χ4n) is 5.05. The number of carboxylic acid groups (broad SMARTS) is 2. The Hall–Kier alpha value is -3.34. The molecule has 0 aliphatic heterocycles. The second kappa shape index (κ2) is 36.0. The van der Waals surface area contributed by atoms with Crippen LogP contribution in [0.2, 0.25) is 0 Å². The first-order chi connectivity index (χ1) is 25.1. The van der Waals surface area contributed by atoms with Gasteiger partial charge in [-0.2, -0.15) is 0 Å². The predicted molar refractivity (Wildman–Crippen MR) is 192 cm³/mol. The summed E-state index contributed by atoms with van der Waals surface area (Å²) in [5.74, 6) is -3.20. The van der Waals surface area contributed by atoms with Crippen molar-refractivity contribution in [1.82, 2.24) is 16.0 Å². The predicted octanol–water partition coefficient (Wildman–Crippen LogP) is 3.13. The van der Waals surface area contributed by atoms with Gasteiger partial charge >= 0.3 is 17.9 Å². The molecule has 0 radical (unpaired) electrons. The van der Waals surface area contributed by atoms with Gasteiger partial charge in [-0.15, -0.1) is 0 Å². The quantitative estimate of drug-likeness (QED) is 0.0453. The summed E-state index contributed by atoms with van der Waals surface area (Å²) in [5, 5.41) is 25.1. The Bertz CT molecular complexity index is 968. The van der Waals surface area contributed by atoms with E-state index >= 15 is 0 Å². The smallest absolute Gasteiger partial charge is 0.329 e. The van der Waals surface area contributed by atoms with E-state index in [1.807, 2.05) is 0 Å². The van der Waals surface area contributed by atoms with E-state index in [0.717, 1.165) is 44.9 Å². The van der Waals surface area contributed by atoms with Crippen LogP contribution in [-0.2, 0) is 52.5 Å². The molecule has 0 saturated carbocycles. The summed E-state index contributed by atoms with van der Waals surface area (Å²) in [6.45, 7) is 1.24. The van der Waals surface area contributed by atoms with Crippen LogP contribution < -0.4 is 16.0 Å². The minimum Gasteiger partial charge on any atom is -0.481 e. The van der Waals surface area contributed by atoms with Crippen LogP contribution in [0.3, 0.4) is 0 Å². The summed E-state index contributed by atoms with van der Waals surface area (Å²) in [5.41, 5.74) is 0. The number of carbonyl (C=O) groups is 6. The van der Waals surface area contributed by atoms with Crippen molar-refractivity contribution < 1.29 is 62.7 Å². The monoisotopic (exact) mass is 747 g/mol. The highest BCUT2D eigenvalue weighted by Gasteiger charge is 2.22. The maximum absolute atomic E-state index is 12.4. The van der Waals surface area contributed by atoms with Gasteiger partial charge in [0, 0.05) is 32.4 Å². The SMILES string of the molecule is COC(=O)[C@H](CCC(=O)NCCOCCOCC(=O)NCCOCCOCC(=O)O)NC(=O)CCCCCCCCCCCCCCCCC(=O)O. The third kappa shape index (κ3) is 35.1. The molecule has 3 amide bonds. The number of carbonyl (C=O) groups excluding carboxylic acids is 4. The number of esters is 1. The summed E-state index contributed by atoms with van der Waals surface area (Å²) < 4.78 is 25.4. The second-order valence-corrected chi connectivity index (χ2v) is 12.4. The number of aliphatic carboxylic acids is 2. The largest absolute Gasteiger partial charge is 0.481 e. The minimum atomic E-state index is -1.05. The lowest BCUT2D eigenvalue weighted by Crippen LogP contribution is -2.42. The molecule has 52 heavy (non-hydrogen) atoms. The summed E-state index contributed by atoms with van der Waals surface area (Å²) in [4.78, 5) is 69.4. The molecule has 0 bridgehead atoms. The third-order valence-corrected chi connectivity index (χ3v) is 7.87. The van der Waals surface area contributed by atoms with Crippen molar-refractivity contribution in [2.24, 2.45) is 0 Å². The first-order valence-corrected chi connectivity index (χ1v) is 18.8. The molecule has 5 N–H and O–H groups in total. The van der Waals surface area contributed by atoms with E-state index in [1.165, 1.54) is 52.1 Å². The summed E-state index contributed by atoms with van der Waals surface area (Å²) in [6.07, 6.45) is 16.0. The lowest BCUT2D eigenvalue weighted by molar-refractivity contribution is -0.145. The van der Waals surface area contributed by atoms with Crippen molar-refractivity contribution in [3.8, 4) is 0 Å². The van der Waals surface area contributed by atoms with Gasteiger partial charge in [0.05, 0.1) is 46.8 Å². The number of methoxy groups -OCH3 is 1. The summed E-state index contributed by atoms with van der Waals surface area (Å²) in [6, 6.07) is -0.900. The zero-order valence-corrected chi connectivity index (χ0v) is 31.3. The van der Waals surface area contributed by atoms with Gasteiger partial charge in [-0.25, -0.2) is 9.59 Å². The lowest BCUT2D eigenvalue weighted by Gasteiger charge is -2.16. The van der Waals surface area contributed by atoms with Crippen molar-refractivity contribution in [2.45, 2.75) is 122 Å². The van der Waals surface area contributed by atoms with Crippen LogP contribution in [-0.4, -0.2) is 125 Å². The number of hydrogen-bond acceptors (Lipinski definition) is 11. The maximum Gasteiger partial charge on any atom is 0.329 e. The standard InChI is InChI=1S/C36H65N3O13/c1-48-36(47)30(39-32(41)16-14-12-10-8-6-4-2-3-5-7-9-11-13-15-17-34(43)44)18-19-31(40)37-20-22-49-24-26-51-28-33(42)38-21-23-50-25-27-52-29-35(45)46/h30H,2-29H2,1H3,(H,37,40)(H,38,42)(H,39,41)(H,43,44)(H,45,46)/t30-/m0/s1. The first kappa shape index (κ1) is 48.7. The van der Waals surface area contributed by atoms with Gasteiger partial charge in [0.25, 0.3) is 0 Å². The van der Waals surface area contributed by atoms with Gasteiger partial charge in [-0.1, -0.05) is 77.0 Å². The highest BCUT2D eigenvalue weighted by Crippen LogP contribution is 2.14. The van der Waals surface area contributed by atoms with E-state index in [2.05, 4.69) is 16.0 Å². The van der Waals surface area contributed by atoms with E-state index in [9.17, 15) is 28.8 Å². The van der Waals surface area contributed by atoms with Gasteiger partial charge in [0.15, 0.2) is 0 Å². The molecule has 0 heterocycles. The molecule has 0 aliphatic carbocycles. The molecule has 302 valence electrons. The molecule has 16 nitrogen and oxygen atoms in total. The van der Waals surface area contributed by atoms with Crippen LogP contribution in [0.4, 0.5) is 0 Å².